The first kappa shape index (κ1) is 21.3. The van der Waals surface area contributed by atoms with Crippen molar-refractivity contribution in [2.75, 3.05) is 12.8 Å². The Labute approximate surface area is 195 Å². The second kappa shape index (κ2) is 8.43. The van der Waals surface area contributed by atoms with Crippen LogP contribution < -0.4 is 21.1 Å². The average molecular weight is 455 g/mol. The van der Waals surface area contributed by atoms with Crippen LogP contribution in [0.5, 0.6) is 5.88 Å². The molecule has 5 rings (SSSR count). The normalized spacial score (nSPS) is 11.1. The molecule has 0 radical (unpaired) electrons. The molecule has 4 heterocycles. The minimum atomic E-state index is -0.363. The summed E-state index contributed by atoms with van der Waals surface area (Å²) in [5, 5.41) is 4.73. The third kappa shape index (κ3) is 3.66. The third-order valence-corrected chi connectivity index (χ3v) is 5.60. The number of nitrogens with zero attached hydrogens (tertiary/aromatic N) is 5. The van der Waals surface area contributed by atoms with Gasteiger partial charge < -0.3 is 4.74 Å². The highest BCUT2D eigenvalue weighted by Gasteiger charge is 2.26. The van der Waals surface area contributed by atoms with Crippen molar-refractivity contribution in [2.24, 2.45) is 0 Å². The summed E-state index contributed by atoms with van der Waals surface area (Å²) in [6.45, 7) is 4.07. The Balaban J connectivity index is 1.82. The van der Waals surface area contributed by atoms with Crippen molar-refractivity contribution in [1.29, 1.82) is 0 Å². The second-order valence-corrected chi connectivity index (χ2v) is 8.04. The van der Waals surface area contributed by atoms with Crippen LogP contribution in [0.15, 0.2) is 65.6 Å². The monoisotopic (exact) mass is 454 g/mol. The number of rotatable bonds is 5. The molecule has 0 atom stereocenters. The molecule has 0 amide bonds. The lowest BCUT2D eigenvalue weighted by Crippen LogP contribution is -2.28. The number of hydrogen-bond donors (Lipinski definition) is 1. The van der Waals surface area contributed by atoms with Crippen molar-refractivity contribution in [2.45, 2.75) is 20.4 Å². The fourth-order valence-electron chi connectivity index (χ4n) is 4.21. The van der Waals surface area contributed by atoms with Gasteiger partial charge in [0, 0.05) is 28.7 Å². The van der Waals surface area contributed by atoms with Crippen LogP contribution >= 0.6 is 0 Å². The molecule has 9 heteroatoms. The van der Waals surface area contributed by atoms with E-state index in [1.54, 1.807) is 19.4 Å². The molecule has 9 nitrogen and oxygen atoms in total. The molecule has 0 spiro atoms. The molecule has 0 saturated carbocycles. The Morgan fingerprint density at radius 1 is 1.03 bits per heavy atom. The molecule has 4 aromatic heterocycles. The van der Waals surface area contributed by atoms with E-state index in [0.717, 1.165) is 39.3 Å². The van der Waals surface area contributed by atoms with Crippen LogP contribution in [0, 0.1) is 13.8 Å². The molecule has 0 fully saturated rings. The first-order chi connectivity index (χ1) is 16.5. The zero-order valence-electron chi connectivity index (χ0n) is 19.1. The smallest absolute Gasteiger partial charge is 0.411 e. The fraction of sp³-hybridized carbons (Fsp3) is 0.160. The minimum absolute atomic E-state index is 0.186. The van der Waals surface area contributed by atoms with Gasteiger partial charge in [-0.1, -0.05) is 36.4 Å². The van der Waals surface area contributed by atoms with Gasteiger partial charge in [0.2, 0.25) is 11.5 Å². The Kier molecular flexibility index (Phi) is 5.29. The number of benzene rings is 1. The van der Waals surface area contributed by atoms with Gasteiger partial charge in [0.1, 0.15) is 5.69 Å². The maximum atomic E-state index is 13.4. The second-order valence-electron chi connectivity index (χ2n) is 8.04. The number of nitrogens with two attached hydrogens (primary N) is 1. The van der Waals surface area contributed by atoms with Crippen LogP contribution in [0.1, 0.15) is 17.0 Å². The number of aryl methyl sites for hydroxylation is 2. The zero-order valence-corrected chi connectivity index (χ0v) is 19.1. The first-order valence-electron chi connectivity index (χ1n) is 10.8. The number of fused-ring (bicyclic) bond motifs is 1. The maximum absolute atomic E-state index is 13.4. The van der Waals surface area contributed by atoms with Gasteiger partial charge in [-0.25, -0.2) is 14.8 Å². The van der Waals surface area contributed by atoms with E-state index in [1.165, 1.54) is 9.08 Å². The summed E-state index contributed by atoms with van der Waals surface area (Å²) < 4.78 is 8.12. The van der Waals surface area contributed by atoms with E-state index in [1.807, 2.05) is 62.4 Å². The number of anilines is 1. The number of nitrogen functional groups attached to an aromatic ring is 1. The van der Waals surface area contributed by atoms with Crippen molar-refractivity contribution in [3.63, 3.8) is 0 Å². The molecule has 1 aromatic carbocycles. The molecule has 0 saturated heterocycles. The summed E-state index contributed by atoms with van der Waals surface area (Å²) in [7, 11) is 1.55. The molecular formula is C25H24N7O2+. The largest absolute Gasteiger partial charge is 0.481 e. The van der Waals surface area contributed by atoms with Crippen molar-refractivity contribution in [3.05, 3.63) is 88.2 Å². The highest BCUT2D eigenvalue weighted by Crippen LogP contribution is 2.33. The number of H-pyrrole nitrogens is 1. The number of aromatic amines is 1. The molecule has 0 aliphatic carbocycles. The van der Waals surface area contributed by atoms with Crippen molar-refractivity contribution < 1.29 is 9.72 Å². The highest BCUT2D eigenvalue weighted by atomic mass is 16.5. The predicted octanol–water partition coefficient (Wildman–Crippen LogP) is 2.69. The van der Waals surface area contributed by atoms with Crippen LogP contribution in [0.4, 0.5) is 5.95 Å². The summed E-state index contributed by atoms with van der Waals surface area (Å²) in [6.07, 6.45) is 1.64. The molecule has 3 N–H and O–H groups in total. The molecule has 0 aliphatic rings. The van der Waals surface area contributed by atoms with E-state index in [0.29, 0.717) is 11.5 Å². The average Bonchev–Trinajstić information content (AvgIpc) is 3.15. The summed E-state index contributed by atoms with van der Waals surface area (Å²) >= 11 is 0. The van der Waals surface area contributed by atoms with Crippen LogP contribution in [0.25, 0.3) is 28.0 Å². The topological polar surface area (TPSA) is 114 Å². The summed E-state index contributed by atoms with van der Waals surface area (Å²) in [4.78, 5) is 25.4. The number of hydrogen-bond acceptors (Lipinski definition) is 6. The van der Waals surface area contributed by atoms with Gasteiger partial charge >= 0.3 is 11.6 Å². The molecule has 170 valence electrons. The van der Waals surface area contributed by atoms with Crippen molar-refractivity contribution >= 4 is 11.6 Å². The number of ether oxygens (including phenoxy) is 1. The maximum Gasteiger partial charge on any atom is 0.411 e. The lowest BCUT2D eigenvalue weighted by Gasteiger charge is -2.10. The SMILES string of the molecule is COc1ncccc1Cn1nc2c(-c3cc(C)nc(C)c3)c(-c3ccccc3)[nH+]c(N)n2c1=O. The summed E-state index contributed by atoms with van der Waals surface area (Å²) in [5.41, 5.74) is 12.3. The van der Waals surface area contributed by atoms with Crippen molar-refractivity contribution in [1.82, 2.24) is 24.1 Å². The van der Waals surface area contributed by atoms with Crippen LogP contribution in [-0.2, 0) is 6.54 Å². The lowest BCUT2D eigenvalue weighted by atomic mass is 9.99. The van der Waals surface area contributed by atoms with Crippen LogP contribution in [0.2, 0.25) is 0 Å². The highest BCUT2D eigenvalue weighted by molar-refractivity contribution is 5.88. The third-order valence-electron chi connectivity index (χ3n) is 5.60. The van der Waals surface area contributed by atoms with Crippen LogP contribution in [0.3, 0.4) is 0 Å². The van der Waals surface area contributed by atoms with Crippen molar-refractivity contribution in [3.8, 4) is 28.3 Å². The van der Waals surface area contributed by atoms with E-state index in [2.05, 4.69) is 15.0 Å². The quantitative estimate of drug-likeness (QED) is 0.437. The van der Waals surface area contributed by atoms with E-state index in [9.17, 15) is 4.79 Å². The standard InChI is InChI=1S/C25H23N7O2/c1-15-12-19(13-16(2)28-15)20-21(17-8-5-4-6-9-17)29-24(26)32-22(20)30-31(25(32)33)14-18-10-7-11-27-23(18)34-3/h4-13H,14H2,1-3H3,(H2,26,29)/p+1. The van der Waals surface area contributed by atoms with Gasteiger partial charge in [0.05, 0.1) is 19.2 Å². The number of aromatic nitrogens is 6. The Morgan fingerprint density at radius 3 is 2.47 bits per heavy atom. The van der Waals surface area contributed by atoms with E-state index in [-0.39, 0.29) is 18.2 Å². The van der Waals surface area contributed by atoms with Gasteiger partial charge in [0.15, 0.2) is 0 Å². The fourth-order valence-corrected chi connectivity index (χ4v) is 4.21. The number of methoxy groups -OCH3 is 1. The zero-order chi connectivity index (χ0) is 23.8. The van der Waals surface area contributed by atoms with Gasteiger partial charge in [-0.2, -0.15) is 4.68 Å². The van der Waals surface area contributed by atoms with E-state index in [4.69, 9.17) is 15.6 Å². The molecule has 0 unspecified atom stereocenters. The number of pyridine rings is 2. The van der Waals surface area contributed by atoms with E-state index >= 15 is 0 Å². The molecule has 5 aromatic rings. The van der Waals surface area contributed by atoms with Gasteiger partial charge in [-0.15, -0.1) is 9.50 Å². The molecule has 0 bridgehead atoms. The van der Waals surface area contributed by atoms with E-state index < -0.39 is 0 Å². The molecule has 34 heavy (non-hydrogen) atoms. The number of nitrogens with one attached hydrogen (secondary N) is 1. The first-order valence-corrected chi connectivity index (χ1v) is 10.8. The van der Waals surface area contributed by atoms with Gasteiger partial charge in [-0.05, 0) is 37.6 Å². The molecule has 0 aliphatic heterocycles. The predicted molar refractivity (Wildman–Crippen MR) is 128 cm³/mol. The molecular weight excluding hydrogens is 430 g/mol. The van der Waals surface area contributed by atoms with Crippen LogP contribution in [-0.4, -0.2) is 31.3 Å². The summed E-state index contributed by atoms with van der Waals surface area (Å²) in [5.74, 6) is 0.631. The van der Waals surface area contributed by atoms with Gasteiger partial charge in [0.25, 0.3) is 0 Å². The Bertz CT molecular complexity index is 1550. The minimum Gasteiger partial charge on any atom is -0.481 e. The summed E-state index contributed by atoms with van der Waals surface area (Å²) in [6, 6.07) is 17.4. The van der Waals surface area contributed by atoms with Gasteiger partial charge in [-0.3, -0.25) is 10.7 Å². The lowest BCUT2D eigenvalue weighted by molar-refractivity contribution is -0.351. The Hall–Kier alpha value is -4.53. The Morgan fingerprint density at radius 2 is 1.76 bits per heavy atom.